The Bertz CT molecular complexity index is 638. The predicted molar refractivity (Wildman–Crippen MR) is 89.2 cm³/mol. The minimum Gasteiger partial charge on any atom is -0.353 e. The lowest BCUT2D eigenvalue weighted by molar-refractivity contribution is 0.273. The molecule has 21 heavy (non-hydrogen) atoms. The molecule has 4 rings (SSSR count). The van der Waals surface area contributed by atoms with Crippen molar-refractivity contribution in [2.75, 3.05) is 31.1 Å². The fourth-order valence-corrected chi connectivity index (χ4v) is 4.33. The predicted octanol–water partition coefficient (Wildman–Crippen LogP) is 2.90. The minimum absolute atomic E-state index is 0.723. The van der Waals surface area contributed by atoms with Gasteiger partial charge in [0.15, 0.2) is 5.82 Å². The number of pyridine rings is 1. The second-order valence-electron chi connectivity index (χ2n) is 6.08. The number of fused-ring (bicyclic) bond motifs is 2. The number of imidazole rings is 1. The Morgan fingerprint density at radius 3 is 3.00 bits per heavy atom. The summed E-state index contributed by atoms with van der Waals surface area (Å²) in [5, 5.41) is 0.846. The van der Waals surface area contributed by atoms with E-state index in [0.717, 1.165) is 30.1 Å². The van der Waals surface area contributed by atoms with E-state index < -0.39 is 0 Å². The fraction of sp³-hybridized carbons (Fsp3) is 0.562. The van der Waals surface area contributed by atoms with Crippen molar-refractivity contribution in [2.45, 2.75) is 30.6 Å². The maximum Gasteiger partial charge on any atom is 0.152 e. The SMILES string of the molecule is BrCc1c(N2CCCN3CCCC3C2)nc2ccccn12. The van der Waals surface area contributed by atoms with Crippen LogP contribution in [-0.2, 0) is 5.33 Å². The van der Waals surface area contributed by atoms with Crippen molar-refractivity contribution < 1.29 is 0 Å². The highest BCUT2D eigenvalue weighted by atomic mass is 79.9. The third kappa shape index (κ3) is 2.36. The van der Waals surface area contributed by atoms with Gasteiger partial charge in [0.05, 0.1) is 5.69 Å². The molecule has 112 valence electrons. The van der Waals surface area contributed by atoms with Crippen molar-refractivity contribution >= 4 is 27.4 Å². The van der Waals surface area contributed by atoms with Crippen LogP contribution in [0.15, 0.2) is 24.4 Å². The Hall–Kier alpha value is -1.07. The number of nitrogens with zero attached hydrogens (tertiary/aromatic N) is 4. The summed E-state index contributed by atoms with van der Waals surface area (Å²) in [5.74, 6) is 1.17. The standard InChI is InChI=1S/C16H21BrN4/c17-11-14-16(18-15-6-1-2-10-21(14)15)20-9-4-8-19-7-3-5-13(19)12-20/h1-2,6,10,13H,3-5,7-9,11-12H2. The van der Waals surface area contributed by atoms with Crippen LogP contribution in [0.4, 0.5) is 5.82 Å². The first kappa shape index (κ1) is 13.6. The molecule has 2 fully saturated rings. The number of halogens is 1. The third-order valence-electron chi connectivity index (χ3n) is 4.84. The third-order valence-corrected chi connectivity index (χ3v) is 5.37. The summed E-state index contributed by atoms with van der Waals surface area (Å²) in [7, 11) is 0. The van der Waals surface area contributed by atoms with Gasteiger partial charge in [-0.2, -0.15) is 0 Å². The Kier molecular flexibility index (Phi) is 3.63. The highest BCUT2D eigenvalue weighted by Gasteiger charge is 2.30. The van der Waals surface area contributed by atoms with E-state index in [2.05, 4.69) is 54.5 Å². The molecule has 2 saturated heterocycles. The van der Waals surface area contributed by atoms with E-state index >= 15 is 0 Å². The number of hydrogen-bond donors (Lipinski definition) is 0. The summed E-state index contributed by atoms with van der Waals surface area (Å²) >= 11 is 3.65. The summed E-state index contributed by atoms with van der Waals surface area (Å²) in [6, 6.07) is 6.95. The van der Waals surface area contributed by atoms with E-state index in [4.69, 9.17) is 4.98 Å². The molecule has 0 saturated carbocycles. The number of rotatable bonds is 2. The number of alkyl halides is 1. The van der Waals surface area contributed by atoms with E-state index in [-0.39, 0.29) is 0 Å². The maximum absolute atomic E-state index is 4.90. The van der Waals surface area contributed by atoms with Gasteiger partial charge in [0.25, 0.3) is 0 Å². The monoisotopic (exact) mass is 348 g/mol. The van der Waals surface area contributed by atoms with E-state index in [0.29, 0.717) is 0 Å². The Labute approximate surface area is 133 Å². The molecule has 0 aromatic carbocycles. The average Bonchev–Trinajstić information content (AvgIpc) is 3.05. The highest BCUT2D eigenvalue weighted by Crippen LogP contribution is 2.28. The Balaban J connectivity index is 1.71. The Morgan fingerprint density at radius 1 is 1.19 bits per heavy atom. The maximum atomic E-state index is 4.90. The lowest BCUT2D eigenvalue weighted by Gasteiger charge is -2.26. The molecule has 0 radical (unpaired) electrons. The molecule has 0 amide bonds. The zero-order valence-electron chi connectivity index (χ0n) is 12.2. The first-order valence-electron chi connectivity index (χ1n) is 7.88. The molecule has 2 aromatic rings. The van der Waals surface area contributed by atoms with Crippen LogP contribution in [0.3, 0.4) is 0 Å². The fourth-order valence-electron chi connectivity index (χ4n) is 3.81. The lowest BCUT2D eigenvalue weighted by atomic mass is 10.2. The zero-order valence-corrected chi connectivity index (χ0v) is 13.8. The smallest absolute Gasteiger partial charge is 0.152 e. The van der Waals surface area contributed by atoms with Crippen molar-refractivity contribution in [3.8, 4) is 0 Å². The van der Waals surface area contributed by atoms with Gasteiger partial charge in [-0.3, -0.25) is 4.90 Å². The van der Waals surface area contributed by atoms with Gasteiger partial charge in [-0.25, -0.2) is 4.98 Å². The summed E-state index contributed by atoms with van der Waals surface area (Å²) in [4.78, 5) is 10.1. The van der Waals surface area contributed by atoms with Crippen molar-refractivity contribution in [3.63, 3.8) is 0 Å². The van der Waals surface area contributed by atoms with Crippen molar-refractivity contribution in [3.05, 3.63) is 30.1 Å². The van der Waals surface area contributed by atoms with Gasteiger partial charge in [0.1, 0.15) is 5.65 Å². The molecule has 4 nitrogen and oxygen atoms in total. The van der Waals surface area contributed by atoms with E-state index in [1.165, 1.54) is 43.9 Å². The van der Waals surface area contributed by atoms with E-state index in [1.54, 1.807) is 0 Å². The largest absolute Gasteiger partial charge is 0.353 e. The molecule has 1 atom stereocenters. The van der Waals surface area contributed by atoms with Gasteiger partial charge in [-0.1, -0.05) is 22.0 Å². The molecule has 4 heterocycles. The average molecular weight is 349 g/mol. The van der Waals surface area contributed by atoms with Gasteiger partial charge in [-0.05, 0) is 37.9 Å². The number of anilines is 1. The first-order chi connectivity index (χ1) is 10.4. The molecule has 1 unspecified atom stereocenters. The highest BCUT2D eigenvalue weighted by molar-refractivity contribution is 9.08. The van der Waals surface area contributed by atoms with Crippen LogP contribution >= 0.6 is 15.9 Å². The van der Waals surface area contributed by atoms with Crippen LogP contribution in [-0.4, -0.2) is 46.5 Å². The number of hydrogen-bond acceptors (Lipinski definition) is 3. The van der Waals surface area contributed by atoms with E-state index in [1.807, 2.05) is 0 Å². The molecular formula is C16H21BrN4. The van der Waals surface area contributed by atoms with Crippen molar-refractivity contribution in [1.82, 2.24) is 14.3 Å². The first-order valence-corrected chi connectivity index (χ1v) is 9.00. The minimum atomic E-state index is 0.723. The zero-order chi connectivity index (χ0) is 14.2. The molecule has 2 aliphatic heterocycles. The van der Waals surface area contributed by atoms with Gasteiger partial charge < -0.3 is 9.30 Å². The van der Waals surface area contributed by atoms with Crippen LogP contribution in [0.2, 0.25) is 0 Å². The topological polar surface area (TPSA) is 23.8 Å². The van der Waals surface area contributed by atoms with Crippen LogP contribution in [0.5, 0.6) is 0 Å². The molecule has 0 N–H and O–H groups in total. The van der Waals surface area contributed by atoms with Gasteiger partial charge >= 0.3 is 0 Å². The van der Waals surface area contributed by atoms with Crippen LogP contribution in [0.1, 0.15) is 25.0 Å². The second kappa shape index (κ2) is 5.61. The molecule has 0 spiro atoms. The summed E-state index contributed by atoms with van der Waals surface area (Å²) < 4.78 is 2.21. The van der Waals surface area contributed by atoms with Crippen molar-refractivity contribution in [2.24, 2.45) is 0 Å². The van der Waals surface area contributed by atoms with Crippen LogP contribution < -0.4 is 4.90 Å². The molecule has 2 aromatic heterocycles. The molecular weight excluding hydrogens is 328 g/mol. The lowest BCUT2D eigenvalue weighted by Crippen LogP contribution is -2.37. The summed E-state index contributed by atoms with van der Waals surface area (Å²) in [6.45, 7) is 4.79. The van der Waals surface area contributed by atoms with Crippen LogP contribution in [0, 0.1) is 0 Å². The van der Waals surface area contributed by atoms with Crippen molar-refractivity contribution in [1.29, 1.82) is 0 Å². The van der Waals surface area contributed by atoms with E-state index in [9.17, 15) is 0 Å². The van der Waals surface area contributed by atoms with Gasteiger partial charge in [0.2, 0.25) is 0 Å². The molecule has 5 heteroatoms. The van der Waals surface area contributed by atoms with Gasteiger partial charge in [-0.15, -0.1) is 0 Å². The normalized spacial score (nSPS) is 23.5. The Morgan fingerprint density at radius 2 is 2.10 bits per heavy atom. The van der Waals surface area contributed by atoms with Gasteiger partial charge in [0, 0.05) is 37.2 Å². The second-order valence-corrected chi connectivity index (χ2v) is 6.64. The van der Waals surface area contributed by atoms with Crippen LogP contribution in [0.25, 0.3) is 5.65 Å². The number of aromatic nitrogens is 2. The summed E-state index contributed by atoms with van der Waals surface area (Å²) in [5.41, 5.74) is 2.33. The molecule has 0 bridgehead atoms. The molecule has 2 aliphatic rings. The molecule has 0 aliphatic carbocycles. The summed E-state index contributed by atoms with van der Waals surface area (Å²) in [6.07, 6.45) is 6.05. The quantitative estimate of drug-likeness (QED) is 0.779.